The van der Waals surface area contributed by atoms with Gasteiger partial charge in [-0.2, -0.15) is 22.0 Å². The van der Waals surface area contributed by atoms with Crippen LogP contribution < -0.4 is 11.1 Å². The number of halogens is 5. The Bertz CT molecular complexity index is 642. The number of nitrogen functional groups attached to an aromatic ring is 1. The van der Waals surface area contributed by atoms with Gasteiger partial charge in [0.15, 0.2) is 0 Å². The number of aryl methyl sites for hydroxylation is 1. The molecule has 0 spiro atoms. The summed E-state index contributed by atoms with van der Waals surface area (Å²) in [7, 11) is 0. The van der Waals surface area contributed by atoms with Crippen molar-refractivity contribution in [3.63, 3.8) is 0 Å². The summed E-state index contributed by atoms with van der Waals surface area (Å²) in [4.78, 5) is 19.7. The van der Waals surface area contributed by atoms with E-state index >= 15 is 0 Å². The highest BCUT2D eigenvalue weighted by atomic mass is 19.4. The van der Waals surface area contributed by atoms with E-state index in [1.54, 1.807) is 13.8 Å². The Kier molecular flexibility index (Phi) is 3.98. The number of carbonyl (C=O) groups is 1. The first kappa shape index (κ1) is 17.4. The molecule has 0 saturated carbocycles. The number of rotatable bonds is 4. The Morgan fingerprint density at radius 2 is 1.78 bits per heavy atom. The van der Waals surface area contributed by atoms with Gasteiger partial charge in [0.1, 0.15) is 17.5 Å². The minimum absolute atomic E-state index is 0.0101. The first-order valence-corrected chi connectivity index (χ1v) is 6.79. The predicted molar refractivity (Wildman–Crippen MR) is 72.0 cm³/mol. The molecule has 23 heavy (non-hydrogen) atoms. The molecule has 0 bridgehead atoms. The van der Waals surface area contributed by atoms with Crippen LogP contribution in [0.15, 0.2) is 0 Å². The molecule has 5 nitrogen and oxygen atoms in total. The molecular weight excluding hydrogens is 323 g/mol. The molecule has 0 aliphatic carbocycles. The molecular formula is C13H15F5N4O. The first-order valence-electron chi connectivity index (χ1n) is 6.79. The fourth-order valence-electron chi connectivity index (χ4n) is 2.33. The number of carbonyl (C=O) groups excluding carboxylic acids is 1. The Labute approximate surface area is 128 Å². The second kappa shape index (κ2) is 5.27. The molecule has 1 aliphatic heterocycles. The molecule has 128 valence electrons. The van der Waals surface area contributed by atoms with Crippen LogP contribution in [0.1, 0.15) is 38.1 Å². The number of hydrogen-bond acceptors (Lipinski definition) is 4. The molecule has 10 heteroatoms. The van der Waals surface area contributed by atoms with Gasteiger partial charge in [0.05, 0.1) is 11.0 Å². The summed E-state index contributed by atoms with van der Waals surface area (Å²) in [6.07, 6.45) is -7.63. The van der Waals surface area contributed by atoms with E-state index in [1.807, 2.05) is 0 Å². The Hall–Kier alpha value is -2.00. The third kappa shape index (κ3) is 3.06. The van der Waals surface area contributed by atoms with Crippen LogP contribution in [0.25, 0.3) is 0 Å². The highest BCUT2D eigenvalue weighted by Gasteiger charge is 2.56. The lowest BCUT2D eigenvalue weighted by molar-refractivity contribution is -0.284. The number of anilines is 2. The summed E-state index contributed by atoms with van der Waals surface area (Å²) >= 11 is 0. The van der Waals surface area contributed by atoms with Gasteiger partial charge >= 0.3 is 12.1 Å². The summed E-state index contributed by atoms with van der Waals surface area (Å²) in [6.45, 7) is 3.24. The molecule has 0 radical (unpaired) electrons. The molecule has 1 aromatic rings. The number of fused-ring (bicyclic) bond motifs is 1. The molecule has 0 unspecified atom stereocenters. The Morgan fingerprint density at radius 3 is 2.35 bits per heavy atom. The van der Waals surface area contributed by atoms with E-state index in [1.165, 1.54) is 0 Å². The summed E-state index contributed by atoms with van der Waals surface area (Å²) in [6, 6.07) is 0. The maximum Gasteiger partial charge on any atom is 0.453 e. The molecule has 2 rings (SSSR count). The molecule has 0 atom stereocenters. The average molecular weight is 338 g/mol. The van der Waals surface area contributed by atoms with Gasteiger partial charge in [0.2, 0.25) is 5.91 Å². The summed E-state index contributed by atoms with van der Waals surface area (Å²) < 4.78 is 61.9. The zero-order chi connectivity index (χ0) is 17.6. The maximum absolute atomic E-state index is 12.8. The zero-order valence-electron chi connectivity index (χ0n) is 12.4. The standard InChI is InChI=1S/C13H15F5N4O/c1-11(2)7-8(19)20-6(21-9(7)22-10(11)23)4-3-5-12(14,15)13(16,17)18/h3-5H2,1-2H3,(H3,19,20,21,22,23). The lowest BCUT2D eigenvalue weighted by Crippen LogP contribution is -2.36. The van der Waals surface area contributed by atoms with E-state index in [4.69, 9.17) is 5.73 Å². The number of amides is 1. The highest BCUT2D eigenvalue weighted by Crippen LogP contribution is 2.40. The summed E-state index contributed by atoms with van der Waals surface area (Å²) in [5, 5.41) is 2.50. The van der Waals surface area contributed by atoms with E-state index in [0.717, 1.165) is 0 Å². The van der Waals surface area contributed by atoms with Crippen LogP contribution in [0.2, 0.25) is 0 Å². The number of nitrogens with two attached hydrogens (primary N) is 1. The lowest BCUT2D eigenvalue weighted by Gasteiger charge is -2.19. The summed E-state index contributed by atoms with van der Waals surface area (Å²) in [5.74, 6) is -4.90. The number of nitrogens with one attached hydrogen (secondary N) is 1. The Balaban J connectivity index is 2.12. The van der Waals surface area contributed by atoms with Crippen LogP contribution in [0.3, 0.4) is 0 Å². The van der Waals surface area contributed by atoms with Gasteiger partial charge in [-0.15, -0.1) is 0 Å². The fraction of sp³-hybridized carbons (Fsp3) is 0.615. The van der Waals surface area contributed by atoms with Crippen molar-refractivity contribution >= 4 is 17.5 Å². The first-order chi connectivity index (χ1) is 10.4. The molecule has 1 amide bonds. The van der Waals surface area contributed by atoms with Gasteiger partial charge in [-0.25, -0.2) is 9.97 Å². The Morgan fingerprint density at radius 1 is 1.17 bits per heavy atom. The molecule has 1 aromatic heterocycles. The van der Waals surface area contributed by atoms with Crippen molar-refractivity contribution < 1.29 is 26.7 Å². The van der Waals surface area contributed by atoms with E-state index < -0.39 is 30.4 Å². The topological polar surface area (TPSA) is 80.9 Å². The normalized spacial score (nSPS) is 17.1. The molecule has 0 fully saturated rings. The van der Waals surface area contributed by atoms with Gasteiger partial charge < -0.3 is 11.1 Å². The largest absolute Gasteiger partial charge is 0.453 e. The number of nitrogens with zero attached hydrogens (tertiary/aromatic N) is 2. The molecule has 0 saturated heterocycles. The summed E-state index contributed by atoms with van der Waals surface area (Å²) in [5.41, 5.74) is 5.23. The van der Waals surface area contributed by atoms with E-state index in [-0.39, 0.29) is 29.8 Å². The van der Waals surface area contributed by atoms with E-state index in [2.05, 4.69) is 15.3 Å². The molecule has 1 aliphatic rings. The van der Waals surface area contributed by atoms with Crippen LogP contribution >= 0.6 is 0 Å². The SMILES string of the molecule is CC1(C)C(=O)Nc2nc(CCCC(F)(F)C(F)(F)F)nc(N)c21. The van der Waals surface area contributed by atoms with Crippen LogP contribution in [-0.4, -0.2) is 28.0 Å². The third-order valence-corrected chi connectivity index (χ3v) is 3.71. The van der Waals surface area contributed by atoms with Crippen LogP contribution in [0.4, 0.5) is 33.6 Å². The number of alkyl halides is 5. The minimum atomic E-state index is -5.58. The number of hydrogen-bond donors (Lipinski definition) is 2. The van der Waals surface area contributed by atoms with Crippen LogP contribution in [0, 0.1) is 0 Å². The zero-order valence-corrected chi connectivity index (χ0v) is 12.4. The monoisotopic (exact) mass is 338 g/mol. The number of aromatic nitrogens is 2. The predicted octanol–water partition coefficient (Wildman–Crippen LogP) is 2.81. The molecule has 2 heterocycles. The smallest absolute Gasteiger partial charge is 0.383 e. The van der Waals surface area contributed by atoms with Crippen molar-refractivity contribution in [1.29, 1.82) is 0 Å². The van der Waals surface area contributed by atoms with Crippen molar-refractivity contribution in [1.82, 2.24) is 9.97 Å². The van der Waals surface area contributed by atoms with Crippen molar-refractivity contribution in [2.45, 2.75) is 50.6 Å². The van der Waals surface area contributed by atoms with Crippen LogP contribution in [0.5, 0.6) is 0 Å². The molecule has 0 aromatic carbocycles. The van der Waals surface area contributed by atoms with Crippen LogP contribution in [-0.2, 0) is 16.6 Å². The molecule has 3 N–H and O–H groups in total. The van der Waals surface area contributed by atoms with Crippen molar-refractivity contribution in [3.8, 4) is 0 Å². The van der Waals surface area contributed by atoms with Crippen molar-refractivity contribution in [3.05, 3.63) is 11.4 Å². The second-order valence-corrected chi connectivity index (χ2v) is 5.88. The van der Waals surface area contributed by atoms with E-state index in [9.17, 15) is 26.7 Å². The third-order valence-electron chi connectivity index (χ3n) is 3.71. The van der Waals surface area contributed by atoms with Crippen molar-refractivity contribution in [2.24, 2.45) is 0 Å². The van der Waals surface area contributed by atoms with Gasteiger partial charge in [0.25, 0.3) is 0 Å². The second-order valence-electron chi connectivity index (χ2n) is 5.88. The fourth-order valence-corrected chi connectivity index (χ4v) is 2.33. The van der Waals surface area contributed by atoms with Gasteiger partial charge in [0, 0.05) is 12.8 Å². The van der Waals surface area contributed by atoms with Gasteiger partial charge in [-0.1, -0.05) is 0 Å². The van der Waals surface area contributed by atoms with E-state index in [0.29, 0.717) is 5.56 Å². The minimum Gasteiger partial charge on any atom is -0.383 e. The van der Waals surface area contributed by atoms with Crippen molar-refractivity contribution in [2.75, 3.05) is 11.1 Å². The van der Waals surface area contributed by atoms with Gasteiger partial charge in [-0.05, 0) is 20.3 Å². The quantitative estimate of drug-likeness (QED) is 0.827. The maximum atomic E-state index is 12.8. The highest BCUT2D eigenvalue weighted by molar-refractivity contribution is 6.06. The lowest BCUT2D eigenvalue weighted by atomic mass is 9.87. The average Bonchev–Trinajstić information content (AvgIpc) is 2.58. The van der Waals surface area contributed by atoms with Gasteiger partial charge in [-0.3, -0.25) is 4.79 Å².